The second-order valence-corrected chi connectivity index (χ2v) is 3.85. The minimum atomic E-state index is -2.62. The fraction of sp³-hybridized carbons (Fsp3) is 0.875. The number of hydrogen-bond donors (Lipinski definition) is 5. The van der Waals surface area contributed by atoms with Crippen LogP contribution in [0.3, 0.4) is 0 Å². The van der Waals surface area contributed by atoms with E-state index in [0.717, 1.165) is 0 Å². The van der Waals surface area contributed by atoms with Gasteiger partial charge in [-0.3, -0.25) is 4.79 Å². The Labute approximate surface area is 101 Å². The van der Waals surface area contributed by atoms with Gasteiger partial charge in [0.25, 0.3) is 0 Å². The minimum Gasteiger partial charge on any atom is -0.394 e. The monoisotopic (exact) mass is 262 g/mol. The van der Waals surface area contributed by atoms with E-state index >= 15 is 0 Å². The number of nitrogens with zero attached hydrogens (tertiary/aromatic N) is 3. The van der Waals surface area contributed by atoms with Gasteiger partial charge in [0.2, 0.25) is 5.79 Å². The molecule has 1 heterocycles. The highest BCUT2D eigenvalue weighted by Gasteiger charge is 2.55. The topological polar surface area (TPSA) is 182 Å². The third kappa shape index (κ3) is 2.44. The lowest BCUT2D eigenvalue weighted by atomic mass is 9.88. The second kappa shape index (κ2) is 5.59. The predicted octanol–water partition coefficient (Wildman–Crippen LogP) is -3.01. The molecule has 1 saturated heterocycles. The van der Waals surface area contributed by atoms with Crippen molar-refractivity contribution in [2.24, 2.45) is 10.8 Å². The van der Waals surface area contributed by atoms with E-state index < -0.39 is 49.1 Å². The first kappa shape index (κ1) is 14.8. The largest absolute Gasteiger partial charge is 0.394 e. The van der Waals surface area contributed by atoms with E-state index in [4.69, 9.17) is 21.1 Å². The first-order chi connectivity index (χ1) is 8.38. The summed E-state index contributed by atoms with van der Waals surface area (Å²) in [6.45, 7) is -1.47. The Kier molecular flexibility index (Phi) is 4.59. The van der Waals surface area contributed by atoms with Gasteiger partial charge < -0.3 is 30.9 Å². The zero-order chi connectivity index (χ0) is 13.9. The van der Waals surface area contributed by atoms with Crippen LogP contribution in [0.4, 0.5) is 0 Å². The quantitative estimate of drug-likeness (QED) is 0.203. The number of aliphatic hydroxyl groups excluding tert-OH is 3. The summed E-state index contributed by atoms with van der Waals surface area (Å²) in [6, 6.07) is -1.63. The number of rotatable bonds is 4. The molecule has 1 aliphatic rings. The van der Waals surface area contributed by atoms with Crippen molar-refractivity contribution < 1.29 is 30.0 Å². The molecule has 0 saturated carbocycles. The molecule has 10 heteroatoms. The summed E-state index contributed by atoms with van der Waals surface area (Å²) in [4.78, 5) is 13.9. The number of aliphatic hydroxyl groups is 4. The smallest absolute Gasteiger partial charge is 0.245 e. The molecule has 102 valence electrons. The van der Waals surface area contributed by atoms with E-state index in [1.165, 1.54) is 0 Å². The van der Waals surface area contributed by atoms with Crippen LogP contribution in [-0.2, 0) is 9.53 Å². The van der Waals surface area contributed by atoms with Gasteiger partial charge in [-0.25, -0.2) is 0 Å². The maximum atomic E-state index is 11.6. The molecule has 0 spiro atoms. The summed E-state index contributed by atoms with van der Waals surface area (Å²) < 4.78 is 4.81. The van der Waals surface area contributed by atoms with Gasteiger partial charge in [-0.15, -0.1) is 0 Å². The average molecular weight is 262 g/mol. The number of hydrogen-bond acceptors (Lipinski definition) is 8. The Balaban J connectivity index is 2.97. The summed E-state index contributed by atoms with van der Waals surface area (Å²) >= 11 is 0. The van der Waals surface area contributed by atoms with E-state index in [9.17, 15) is 20.1 Å². The van der Waals surface area contributed by atoms with Gasteiger partial charge in [0.05, 0.1) is 19.2 Å². The SMILES string of the molecule is [N-]=[N+]=NCC(=O)C1(O)O[C@H](CO)[C@@H](O)[C@H](O)[C@@H]1N. The molecule has 1 unspecified atom stereocenters. The van der Waals surface area contributed by atoms with Gasteiger partial charge in [-0.2, -0.15) is 0 Å². The Morgan fingerprint density at radius 3 is 2.61 bits per heavy atom. The van der Waals surface area contributed by atoms with Gasteiger partial charge in [-0.05, 0) is 5.53 Å². The number of nitrogens with two attached hydrogens (primary N) is 1. The fourth-order valence-corrected chi connectivity index (χ4v) is 1.65. The van der Waals surface area contributed by atoms with Crippen molar-refractivity contribution in [2.45, 2.75) is 30.1 Å². The molecular weight excluding hydrogens is 248 g/mol. The van der Waals surface area contributed by atoms with Gasteiger partial charge in [-0.1, -0.05) is 5.11 Å². The molecule has 1 aliphatic heterocycles. The zero-order valence-corrected chi connectivity index (χ0v) is 9.25. The molecule has 0 aromatic rings. The molecule has 0 aliphatic carbocycles. The Bertz CT molecular complexity index is 371. The number of Topliss-reactive ketones (excluding diaryl/α,β-unsaturated/α-hetero) is 1. The summed E-state index contributed by atoms with van der Waals surface area (Å²) in [5.41, 5.74) is 13.5. The van der Waals surface area contributed by atoms with E-state index in [1.54, 1.807) is 0 Å². The molecule has 5 atom stereocenters. The van der Waals surface area contributed by atoms with Gasteiger partial charge >= 0.3 is 0 Å². The number of carbonyl (C=O) groups excluding carboxylic acids is 1. The highest BCUT2D eigenvalue weighted by molar-refractivity contribution is 5.88. The highest BCUT2D eigenvalue weighted by atomic mass is 16.7. The van der Waals surface area contributed by atoms with Crippen molar-refractivity contribution in [3.63, 3.8) is 0 Å². The molecule has 10 nitrogen and oxygen atoms in total. The van der Waals surface area contributed by atoms with Crippen molar-refractivity contribution in [3.8, 4) is 0 Å². The lowest BCUT2D eigenvalue weighted by Crippen LogP contribution is -2.71. The van der Waals surface area contributed by atoms with Crippen molar-refractivity contribution >= 4 is 5.78 Å². The van der Waals surface area contributed by atoms with Crippen LogP contribution in [0.1, 0.15) is 0 Å². The first-order valence-corrected chi connectivity index (χ1v) is 5.05. The molecule has 0 aromatic heterocycles. The molecule has 6 N–H and O–H groups in total. The van der Waals surface area contributed by atoms with Crippen LogP contribution in [-0.4, -0.2) is 69.5 Å². The van der Waals surface area contributed by atoms with Gasteiger partial charge in [0.15, 0.2) is 5.78 Å². The third-order valence-corrected chi connectivity index (χ3v) is 2.74. The number of ketones is 1. The molecule has 0 amide bonds. The second-order valence-electron chi connectivity index (χ2n) is 3.85. The van der Waals surface area contributed by atoms with E-state index in [1.807, 2.05) is 0 Å². The van der Waals surface area contributed by atoms with E-state index in [-0.39, 0.29) is 0 Å². The Morgan fingerprint density at radius 2 is 2.11 bits per heavy atom. The van der Waals surface area contributed by atoms with Crippen molar-refractivity contribution in [2.75, 3.05) is 13.2 Å². The minimum absolute atomic E-state index is 0.734. The molecule has 0 aromatic carbocycles. The van der Waals surface area contributed by atoms with Gasteiger partial charge in [0.1, 0.15) is 18.3 Å². The molecule has 0 radical (unpaired) electrons. The third-order valence-electron chi connectivity index (χ3n) is 2.74. The Morgan fingerprint density at radius 1 is 1.50 bits per heavy atom. The maximum Gasteiger partial charge on any atom is 0.245 e. The van der Waals surface area contributed by atoms with Crippen LogP contribution in [0.5, 0.6) is 0 Å². The van der Waals surface area contributed by atoms with E-state index in [0.29, 0.717) is 0 Å². The van der Waals surface area contributed by atoms with Crippen LogP contribution in [0, 0.1) is 0 Å². The predicted molar refractivity (Wildman–Crippen MR) is 55.9 cm³/mol. The molecule has 18 heavy (non-hydrogen) atoms. The number of carbonyl (C=O) groups is 1. The first-order valence-electron chi connectivity index (χ1n) is 5.05. The highest BCUT2D eigenvalue weighted by Crippen LogP contribution is 2.27. The summed E-state index contributed by atoms with van der Waals surface area (Å²) in [6.07, 6.45) is -4.59. The molecule has 1 rings (SSSR count). The number of ether oxygens (including phenoxy) is 1. The maximum absolute atomic E-state index is 11.6. The zero-order valence-electron chi connectivity index (χ0n) is 9.25. The van der Waals surface area contributed by atoms with Gasteiger partial charge in [0, 0.05) is 4.91 Å². The lowest BCUT2D eigenvalue weighted by molar-refractivity contribution is -0.297. The summed E-state index contributed by atoms with van der Waals surface area (Å²) in [5.74, 6) is -3.70. The fourth-order valence-electron chi connectivity index (χ4n) is 1.65. The number of azide groups is 1. The summed E-state index contributed by atoms with van der Waals surface area (Å²) in [5, 5.41) is 40.9. The van der Waals surface area contributed by atoms with Crippen LogP contribution in [0.2, 0.25) is 0 Å². The van der Waals surface area contributed by atoms with Crippen LogP contribution in [0.25, 0.3) is 10.4 Å². The van der Waals surface area contributed by atoms with Crippen molar-refractivity contribution in [1.29, 1.82) is 0 Å². The van der Waals surface area contributed by atoms with Crippen LogP contribution < -0.4 is 5.73 Å². The summed E-state index contributed by atoms with van der Waals surface area (Å²) in [7, 11) is 0. The average Bonchev–Trinajstić information content (AvgIpc) is 2.37. The molecule has 0 bridgehead atoms. The Hall–Kier alpha value is -1.26. The molecule has 1 fully saturated rings. The van der Waals surface area contributed by atoms with Crippen molar-refractivity contribution in [1.82, 2.24) is 0 Å². The van der Waals surface area contributed by atoms with Crippen LogP contribution in [0.15, 0.2) is 5.11 Å². The normalized spacial score (nSPS) is 40.1. The van der Waals surface area contributed by atoms with E-state index in [2.05, 4.69) is 10.0 Å². The van der Waals surface area contributed by atoms with Crippen LogP contribution >= 0.6 is 0 Å². The molecular formula is C8H14N4O6. The van der Waals surface area contributed by atoms with Crippen molar-refractivity contribution in [3.05, 3.63) is 10.4 Å². The standard InChI is InChI=1S/C8H14N4O6/c9-7-6(16)5(15)3(2-13)18-8(7,17)4(14)1-11-12-10/h3,5-7,13,15-17H,1-2,9H2/t3-,5-,6+,7+,8?/m1/s1. The lowest BCUT2D eigenvalue weighted by Gasteiger charge is -2.44.